The lowest BCUT2D eigenvalue weighted by molar-refractivity contribution is -0.0293. The summed E-state index contributed by atoms with van der Waals surface area (Å²) < 4.78 is 38.7. The van der Waals surface area contributed by atoms with Crippen molar-refractivity contribution in [1.29, 1.82) is 0 Å². The zero-order valence-corrected chi connectivity index (χ0v) is 13.4. The van der Waals surface area contributed by atoms with Crippen molar-refractivity contribution < 1.29 is 17.9 Å². The summed E-state index contributed by atoms with van der Waals surface area (Å²) in [4.78, 5) is 0.267. The van der Waals surface area contributed by atoms with Crippen molar-refractivity contribution in [3.05, 3.63) is 28.8 Å². The Bertz CT molecular complexity index is 640. The molecule has 7 heteroatoms. The molecule has 116 valence electrons. The molecule has 21 heavy (non-hydrogen) atoms. The van der Waals surface area contributed by atoms with Crippen molar-refractivity contribution in [2.24, 2.45) is 0 Å². The van der Waals surface area contributed by atoms with Gasteiger partial charge in [0.15, 0.2) is 0 Å². The largest absolute Gasteiger partial charge is 0.379 e. The summed E-state index contributed by atoms with van der Waals surface area (Å²) in [6, 6.07) is 4.95. The Kier molecular flexibility index (Phi) is 4.00. The van der Waals surface area contributed by atoms with Gasteiger partial charge in [-0.25, -0.2) is 8.42 Å². The topological polar surface area (TPSA) is 55.8 Å². The molecule has 0 aromatic heterocycles. The molecule has 1 spiro atoms. The number of sulfonamides is 1. The number of aryl methyl sites for hydroxylation is 1. The molecule has 1 atom stereocenters. The van der Waals surface area contributed by atoms with E-state index < -0.39 is 15.6 Å². The highest BCUT2D eigenvalue weighted by Gasteiger charge is 2.49. The first-order valence-electron chi connectivity index (χ1n) is 6.90. The minimum atomic E-state index is -3.62. The third-order valence-corrected chi connectivity index (χ3v) is 6.52. The zero-order valence-electron chi connectivity index (χ0n) is 11.8. The standard InChI is InChI=1S/C14H18ClNO4S/c1-11-2-3-12(15)8-13(11)21(17,18)16-5-7-20-10-14(16)4-6-19-9-14/h2-3,8H,4-7,9-10H2,1H3/t14-/m1/s1. The summed E-state index contributed by atoms with van der Waals surface area (Å²) in [5.41, 5.74) is 0.117. The van der Waals surface area contributed by atoms with Crippen LogP contribution in [0.1, 0.15) is 12.0 Å². The van der Waals surface area contributed by atoms with E-state index >= 15 is 0 Å². The molecule has 2 heterocycles. The molecular formula is C14H18ClNO4S. The van der Waals surface area contributed by atoms with Crippen LogP contribution in [0.25, 0.3) is 0 Å². The summed E-state index contributed by atoms with van der Waals surface area (Å²) in [6.07, 6.45) is 0.659. The van der Waals surface area contributed by atoms with Gasteiger partial charge in [0.1, 0.15) is 0 Å². The third-order valence-electron chi connectivity index (χ3n) is 4.14. The Morgan fingerprint density at radius 3 is 2.62 bits per heavy atom. The second kappa shape index (κ2) is 5.52. The lowest BCUT2D eigenvalue weighted by atomic mass is 9.99. The van der Waals surface area contributed by atoms with E-state index in [9.17, 15) is 8.42 Å². The Balaban J connectivity index is 2.05. The number of hydrogen-bond acceptors (Lipinski definition) is 4. The fourth-order valence-corrected chi connectivity index (χ4v) is 5.22. The molecule has 5 nitrogen and oxygen atoms in total. The second-order valence-electron chi connectivity index (χ2n) is 5.57. The molecule has 0 saturated carbocycles. The summed E-state index contributed by atoms with van der Waals surface area (Å²) in [5, 5.41) is 0.421. The van der Waals surface area contributed by atoms with Crippen LogP contribution in [0.2, 0.25) is 5.02 Å². The van der Waals surface area contributed by atoms with Crippen molar-refractivity contribution in [3.63, 3.8) is 0 Å². The monoisotopic (exact) mass is 331 g/mol. The van der Waals surface area contributed by atoms with Gasteiger partial charge in [0, 0.05) is 18.2 Å². The van der Waals surface area contributed by atoms with Gasteiger partial charge in [-0.1, -0.05) is 17.7 Å². The molecule has 1 aromatic rings. The van der Waals surface area contributed by atoms with Crippen LogP contribution in [0.15, 0.2) is 23.1 Å². The van der Waals surface area contributed by atoms with Gasteiger partial charge >= 0.3 is 0 Å². The number of hydrogen-bond donors (Lipinski definition) is 0. The molecule has 3 rings (SSSR count). The first kappa shape index (κ1) is 15.2. The molecule has 2 fully saturated rings. The molecule has 1 aromatic carbocycles. The number of benzene rings is 1. The van der Waals surface area contributed by atoms with E-state index in [1.54, 1.807) is 23.4 Å². The number of rotatable bonds is 2. The predicted octanol–water partition coefficient (Wildman–Crippen LogP) is 1.83. The van der Waals surface area contributed by atoms with Crippen molar-refractivity contribution in [1.82, 2.24) is 4.31 Å². The van der Waals surface area contributed by atoms with Gasteiger partial charge in [-0.3, -0.25) is 0 Å². The average Bonchev–Trinajstić information content (AvgIpc) is 2.90. The Hall–Kier alpha value is -0.660. The molecular weight excluding hydrogens is 314 g/mol. The third kappa shape index (κ3) is 2.59. The quantitative estimate of drug-likeness (QED) is 0.829. The van der Waals surface area contributed by atoms with Gasteiger partial charge < -0.3 is 9.47 Å². The van der Waals surface area contributed by atoms with E-state index in [4.69, 9.17) is 21.1 Å². The summed E-state index contributed by atoms with van der Waals surface area (Å²) in [6.45, 7) is 3.85. The normalized spacial score (nSPS) is 27.3. The maximum Gasteiger partial charge on any atom is 0.244 e. The Labute approximate surface area is 129 Å². The number of ether oxygens (including phenoxy) is 2. The first-order chi connectivity index (χ1) is 9.96. The van der Waals surface area contributed by atoms with Crippen molar-refractivity contribution in [2.75, 3.05) is 33.0 Å². The minimum Gasteiger partial charge on any atom is -0.379 e. The van der Waals surface area contributed by atoms with Crippen LogP contribution in [0, 0.1) is 6.92 Å². The van der Waals surface area contributed by atoms with E-state index in [0.29, 0.717) is 50.0 Å². The fourth-order valence-electron chi connectivity index (χ4n) is 2.97. The van der Waals surface area contributed by atoms with E-state index in [2.05, 4.69) is 0 Å². The zero-order chi connectivity index (χ0) is 15.1. The molecule has 0 N–H and O–H groups in total. The first-order valence-corrected chi connectivity index (χ1v) is 8.72. The summed E-state index contributed by atoms with van der Waals surface area (Å²) in [7, 11) is -3.62. The lowest BCUT2D eigenvalue weighted by Crippen LogP contribution is -2.59. The maximum absolute atomic E-state index is 13.1. The molecule has 0 amide bonds. The smallest absolute Gasteiger partial charge is 0.244 e. The summed E-state index contributed by atoms with van der Waals surface area (Å²) >= 11 is 5.98. The van der Waals surface area contributed by atoms with Gasteiger partial charge in [0.25, 0.3) is 0 Å². The highest BCUT2D eigenvalue weighted by molar-refractivity contribution is 7.89. The molecule has 0 radical (unpaired) electrons. The van der Waals surface area contributed by atoms with Crippen LogP contribution < -0.4 is 0 Å². The maximum atomic E-state index is 13.1. The van der Waals surface area contributed by atoms with Crippen LogP contribution in [-0.2, 0) is 19.5 Å². The molecule has 2 aliphatic heterocycles. The molecule has 2 aliphatic rings. The number of morpholine rings is 1. The fraction of sp³-hybridized carbons (Fsp3) is 0.571. The van der Waals surface area contributed by atoms with Crippen LogP contribution in [0.5, 0.6) is 0 Å². The Morgan fingerprint density at radius 2 is 1.95 bits per heavy atom. The van der Waals surface area contributed by atoms with Gasteiger partial charge in [-0.15, -0.1) is 0 Å². The van der Waals surface area contributed by atoms with Gasteiger partial charge in [0.05, 0.1) is 30.3 Å². The SMILES string of the molecule is Cc1ccc(Cl)cc1S(=O)(=O)N1CCOC[C@]12CCOC2. The van der Waals surface area contributed by atoms with Gasteiger partial charge in [-0.05, 0) is 31.0 Å². The van der Waals surface area contributed by atoms with Crippen LogP contribution in [-0.4, -0.2) is 51.2 Å². The van der Waals surface area contributed by atoms with Gasteiger partial charge in [-0.2, -0.15) is 4.31 Å². The predicted molar refractivity (Wildman–Crippen MR) is 79.1 cm³/mol. The van der Waals surface area contributed by atoms with Crippen LogP contribution in [0.4, 0.5) is 0 Å². The molecule has 0 bridgehead atoms. The minimum absolute atomic E-state index is 0.267. The van der Waals surface area contributed by atoms with Crippen molar-refractivity contribution in [3.8, 4) is 0 Å². The van der Waals surface area contributed by atoms with Crippen molar-refractivity contribution in [2.45, 2.75) is 23.8 Å². The van der Waals surface area contributed by atoms with Crippen LogP contribution >= 0.6 is 11.6 Å². The molecule has 2 saturated heterocycles. The summed E-state index contributed by atoms with van der Waals surface area (Å²) in [5.74, 6) is 0. The van der Waals surface area contributed by atoms with E-state index in [0.717, 1.165) is 0 Å². The highest BCUT2D eigenvalue weighted by Crippen LogP contribution is 2.35. The van der Waals surface area contributed by atoms with E-state index in [1.165, 1.54) is 6.07 Å². The number of halogens is 1. The van der Waals surface area contributed by atoms with Crippen molar-refractivity contribution >= 4 is 21.6 Å². The van der Waals surface area contributed by atoms with Crippen LogP contribution in [0.3, 0.4) is 0 Å². The lowest BCUT2D eigenvalue weighted by Gasteiger charge is -2.42. The average molecular weight is 332 g/mol. The molecule has 0 unspecified atom stereocenters. The Morgan fingerprint density at radius 1 is 1.24 bits per heavy atom. The van der Waals surface area contributed by atoms with E-state index in [-0.39, 0.29) is 4.90 Å². The molecule has 0 aliphatic carbocycles. The highest BCUT2D eigenvalue weighted by atomic mass is 35.5. The van der Waals surface area contributed by atoms with Gasteiger partial charge in [0.2, 0.25) is 10.0 Å². The van der Waals surface area contributed by atoms with E-state index in [1.807, 2.05) is 0 Å². The second-order valence-corrected chi connectivity index (χ2v) is 7.83. The number of nitrogens with zero attached hydrogens (tertiary/aromatic N) is 1.